The molecule has 1 aromatic rings. The zero-order chi connectivity index (χ0) is 19.2. The fraction of sp³-hybridized carbons (Fsp3) is 0.696. The Balaban J connectivity index is 1.35. The zero-order valence-corrected chi connectivity index (χ0v) is 17.0. The Labute approximate surface area is 162 Å². The van der Waals surface area contributed by atoms with E-state index < -0.39 is 0 Å². The second-order valence-electron chi connectivity index (χ2n) is 10.3. The van der Waals surface area contributed by atoms with Gasteiger partial charge in [0.25, 0.3) is 0 Å². The van der Waals surface area contributed by atoms with Crippen LogP contribution >= 0.6 is 0 Å². The third-order valence-corrected chi connectivity index (χ3v) is 6.99. The van der Waals surface area contributed by atoms with Crippen LogP contribution in [-0.4, -0.2) is 41.4 Å². The van der Waals surface area contributed by atoms with Crippen molar-refractivity contribution in [3.05, 3.63) is 35.6 Å². The van der Waals surface area contributed by atoms with Crippen LogP contribution in [0.4, 0.5) is 4.39 Å². The lowest BCUT2D eigenvalue weighted by atomic mass is 9.65. The van der Waals surface area contributed by atoms with E-state index in [4.69, 9.17) is 0 Å². The van der Waals surface area contributed by atoms with E-state index in [2.05, 4.69) is 30.6 Å². The largest absolute Gasteiger partial charge is 0.339 e. The maximum absolute atomic E-state index is 13.9. The van der Waals surface area contributed by atoms with Crippen LogP contribution in [0.1, 0.15) is 58.4 Å². The minimum atomic E-state index is -0.129. The number of hydrogen-bond acceptors (Lipinski definition) is 2. The molecule has 1 aliphatic carbocycles. The number of nitrogens with zero attached hydrogens (tertiary/aromatic N) is 2. The summed E-state index contributed by atoms with van der Waals surface area (Å²) in [5, 5.41) is 0. The molecule has 3 nitrogen and oxygen atoms in total. The first-order chi connectivity index (χ1) is 12.7. The van der Waals surface area contributed by atoms with E-state index in [9.17, 15) is 9.18 Å². The number of halogens is 1. The molecule has 3 fully saturated rings. The van der Waals surface area contributed by atoms with Crippen molar-refractivity contribution in [2.75, 3.05) is 19.6 Å². The van der Waals surface area contributed by atoms with Gasteiger partial charge < -0.3 is 4.90 Å². The first-order valence-electron chi connectivity index (χ1n) is 10.5. The fourth-order valence-corrected chi connectivity index (χ4v) is 6.16. The van der Waals surface area contributed by atoms with Gasteiger partial charge in [-0.1, -0.05) is 39.0 Å². The monoisotopic (exact) mass is 372 g/mol. The van der Waals surface area contributed by atoms with Crippen molar-refractivity contribution in [1.29, 1.82) is 0 Å². The molecule has 3 aliphatic rings. The van der Waals surface area contributed by atoms with E-state index in [-0.39, 0.29) is 11.7 Å². The predicted octanol–water partition coefficient (Wildman–Crippen LogP) is 4.46. The second-order valence-corrected chi connectivity index (χ2v) is 10.3. The number of piperidine rings is 1. The normalized spacial score (nSPS) is 31.3. The summed E-state index contributed by atoms with van der Waals surface area (Å²) in [7, 11) is 0. The third-order valence-electron chi connectivity index (χ3n) is 6.99. The standard InChI is InChI=1S/C23H33FN2O/c1-22(2)12-19-13-23(3,15-22)16-26(19)21(27)17-8-10-25(11-9-17)14-18-6-4-5-7-20(18)24/h4-7,17,19H,8-16H2,1-3H3. The molecule has 0 radical (unpaired) electrons. The number of fused-ring (bicyclic) bond motifs is 2. The number of hydrogen-bond donors (Lipinski definition) is 0. The van der Waals surface area contributed by atoms with Crippen molar-refractivity contribution >= 4 is 5.91 Å². The Morgan fingerprint density at radius 1 is 1.15 bits per heavy atom. The molecule has 27 heavy (non-hydrogen) atoms. The van der Waals surface area contributed by atoms with Crippen LogP contribution in [0.25, 0.3) is 0 Å². The summed E-state index contributed by atoms with van der Waals surface area (Å²) in [5.74, 6) is 0.399. The van der Waals surface area contributed by atoms with Crippen molar-refractivity contribution in [3.63, 3.8) is 0 Å². The number of rotatable bonds is 3. The van der Waals surface area contributed by atoms with Crippen LogP contribution in [0, 0.1) is 22.6 Å². The van der Waals surface area contributed by atoms with Crippen molar-refractivity contribution in [3.8, 4) is 0 Å². The van der Waals surface area contributed by atoms with Gasteiger partial charge >= 0.3 is 0 Å². The Morgan fingerprint density at radius 2 is 1.85 bits per heavy atom. The van der Waals surface area contributed by atoms with Crippen molar-refractivity contribution in [1.82, 2.24) is 9.80 Å². The van der Waals surface area contributed by atoms with Gasteiger partial charge in [0.05, 0.1) is 0 Å². The first kappa shape index (κ1) is 18.9. The average Bonchev–Trinajstić information content (AvgIpc) is 2.86. The molecule has 4 rings (SSSR count). The van der Waals surface area contributed by atoms with Crippen LogP contribution in [0.5, 0.6) is 0 Å². The Kier molecular flexibility index (Phi) is 4.82. The van der Waals surface area contributed by atoms with E-state index in [1.54, 1.807) is 6.07 Å². The molecule has 0 N–H and O–H groups in total. The number of likely N-dealkylation sites (tertiary alicyclic amines) is 2. The van der Waals surface area contributed by atoms with Gasteiger partial charge in [0.1, 0.15) is 5.82 Å². The second kappa shape index (κ2) is 6.88. The van der Waals surface area contributed by atoms with E-state index in [1.807, 2.05) is 12.1 Å². The molecule has 0 aromatic heterocycles. The SMILES string of the molecule is CC1(C)CC2CC(C)(CN2C(=O)C2CCN(Cc3ccccc3F)CC2)C1. The molecule has 2 aliphatic heterocycles. The average molecular weight is 373 g/mol. The van der Waals surface area contributed by atoms with Gasteiger partial charge in [0.15, 0.2) is 0 Å². The van der Waals surface area contributed by atoms with Gasteiger partial charge in [-0.2, -0.15) is 0 Å². The van der Waals surface area contributed by atoms with E-state index in [0.717, 1.165) is 44.5 Å². The smallest absolute Gasteiger partial charge is 0.226 e. The van der Waals surface area contributed by atoms with Crippen LogP contribution in [0.3, 0.4) is 0 Å². The van der Waals surface area contributed by atoms with Crippen LogP contribution < -0.4 is 0 Å². The Hall–Kier alpha value is -1.42. The molecule has 148 valence electrons. The summed E-state index contributed by atoms with van der Waals surface area (Å²) < 4.78 is 13.9. The lowest BCUT2D eigenvalue weighted by Crippen LogP contribution is -2.44. The lowest BCUT2D eigenvalue weighted by molar-refractivity contribution is -0.138. The number of carbonyl (C=O) groups is 1. The number of amides is 1. The Bertz CT molecular complexity index is 710. The molecule has 1 amide bonds. The van der Waals surface area contributed by atoms with Crippen LogP contribution in [0.15, 0.2) is 24.3 Å². The lowest BCUT2D eigenvalue weighted by Gasteiger charge is -2.40. The van der Waals surface area contributed by atoms with Gasteiger partial charge in [0, 0.05) is 30.6 Å². The molecule has 4 heteroatoms. The summed E-state index contributed by atoms with van der Waals surface area (Å²) in [4.78, 5) is 17.8. The number of benzene rings is 1. The van der Waals surface area contributed by atoms with Crippen LogP contribution in [0.2, 0.25) is 0 Å². The minimum Gasteiger partial charge on any atom is -0.339 e. The van der Waals surface area contributed by atoms with E-state index in [0.29, 0.717) is 29.3 Å². The molecule has 0 spiro atoms. The van der Waals surface area contributed by atoms with Gasteiger partial charge in [-0.25, -0.2) is 4.39 Å². The van der Waals surface area contributed by atoms with E-state index in [1.165, 1.54) is 18.9 Å². The molecular formula is C23H33FN2O. The maximum atomic E-state index is 13.9. The third kappa shape index (κ3) is 3.91. The predicted molar refractivity (Wildman–Crippen MR) is 106 cm³/mol. The summed E-state index contributed by atoms with van der Waals surface area (Å²) in [6.07, 6.45) is 5.34. The molecule has 2 atom stereocenters. The van der Waals surface area contributed by atoms with Crippen LogP contribution in [-0.2, 0) is 11.3 Å². The van der Waals surface area contributed by atoms with Gasteiger partial charge in [-0.05, 0) is 62.1 Å². The highest BCUT2D eigenvalue weighted by atomic mass is 19.1. The molecular weight excluding hydrogens is 339 g/mol. The highest BCUT2D eigenvalue weighted by molar-refractivity contribution is 5.79. The minimum absolute atomic E-state index is 0.129. The Morgan fingerprint density at radius 3 is 2.56 bits per heavy atom. The van der Waals surface area contributed by atoms with E-state index >= 15 is 0 Å². The van der Waals surface area contributed by atoms with Gasteiger partial charge in [0.2, 0.25) is 5.91 Å². The van der Waals surface area contributed by atoms with Gasteiger partial charge in [-0.3, -0.25) is 9.69 Å². The summed E-state index contributed by atoms with van der Waals surface area (Å²) in [5.41, 5.74) is 1.40. The molecule has 1 aromatic carbocycles. The number of carbonyl (C=O) groups excluding carboxylic acids is 1. The molecule has 2 unspecified atom stereocenters. The zero-order valence-electron chi connectivity index (χ0n) is 17.0. The summed E-state index contributed by atoms with van der Waals surface area (Å²) in [6.45, 7) is 10.4. The van der Waals surface area contributed by atoms with Crippen molar-refractivity contribution in [2.45, 2.75) is 65.5 Å². The highest BCUT2D eigenvalue weighted by Gasteiger charge is 2.51. The molecule has 2 bridgehead atoms. The summed E-state index contributed by atoms with van der Waals surface area (Å²) in [6, 6.07) is 7.45. The van der Waals surface area contributed by atoms with Crippen molar-refractivity contribution < 1.29 is 9.18 Å². The maximum Gasteiger partial charge on any atom is 0.226 e. The highest BCUT2D eigenvalue weighted by Crippen LogP contribution is 2.52. The first-order valence-corrected chi connectivity index (χ1v) is 10.5. The van der Waals surface area contributed by atoms with Crippen molar-refractivity contribution in [2.24, 2.45) is 16.7 Å². The fourth-order valence-electron chi connectivity index (χ4n) is 6.16. The summed E-state index contributed by atoms with van der Waals surface area (Å²) >= 11 is 0. The molecule has 1 saturated carbocycles. The quantitative estimate of drug-likeness (QED) is 0.782. The molecule has 2 heterocycles. The molecule has 2 saturated heterocycles. The topological polar surface area (TPSA) is 23.6 Å². The van der Waals surface area contributed by atoms with Gasteiger partial charge in [-0.15, -0.1) is 0 Å².